The van der Waals surface area contributed by atoms with Crippen molar-refractivity contribution in [3.05, 3.63) is 46.5 Å². The van der Waals surface area contributed by atoms with Gasteiger partial charge in [0.1, 0.15) is 6.54 Å². The molecule has 108 valence electrons. The van der Waals surface area contributed by atoms with Crippen LogP contribution in [0.25, 0.3) is 11.5 Å². The van der Waals surface area contributed by atoms with Crippen LogP contribution >= 0.6 is 15.9 Å². The Labute approximate surface area is 128 Å². The summed E-state index contributed by atoms with van der Waals surface area (Å²) in [5, 5.41) is 24.8. The minimum atomic E-state index is 0.0471. The first-order valence-corrected chi connectivity index (χ1v) is 7.12. The SMILES string of the molecule is OCCc1cn(Cc2nnc(-c3ccccc3Br)o2)nn1. The lowest BCUT2D eigenvalue weighted by molar-refractivity contribution is 0.298. The predicted molar refractivity (Wildman–Crippen MR) is 77.3 cm³/mol. The molecule has 2 heterocycles. The Hall–Kier alpha value is -2.06. The first kappa shape index (κ1) is 13.9. The van der Waals surface area contributed by atoms with Crippen LogP contribution in [0.5, 0.6) is 0 Å². The van der Waals surface area contributed by atoms with Crippen LogP contribution in [-0.4, -0.2) is 36.9 Å². The average molecular weight is 350 g/mol. The zero-order valence-electron chi connectivity index (χ0n) is 11.0. The van der Waals surface area contributed by atoms with E-state index in [0.717, 1.165) is 15.7 Å². The van der Waals surface area contributed by atoms with Gasteiger partial charge < -0.3 is 9.52 Å². The summed E-state index contributed by atoms with van der Waals surface area (Å²) < 4.78 is 8.13. The number of halogens is 1. The number of aliphatic hydroxyl groups excluding tert-OH is 1. The van der Waals surface area contributed by atoms with E-state index in [1.165, 1.54) is 0 Å². The van der Waals surface area contributed by atoms with E-state index in [1.54, 1.807) is 10.9 Å². The van der Waals surface area contributed by atoms with Crippen molar-refractivity contribution in [1.29, 1.82) is 0 Å². The molecule has 7 nitrogen and oxygen atoms in total. The zero-order chi connectivity index (χ0) is 14.7. The molecule has 0 atom stereocenters. The van der Waals surface area contributed by atoms with Crippen molar-refractivity contribution in [2.75, 3.05) is 6.61 Å². The van der Waals surface area contributed by atoms with Gasteiger partial charge in [-0.05, 0) is 28.1 Å². The Bertz CT molecular complexity index is 740. The monoisotopic (exact) mass is 349 g/mol. The topological polar surface area (TPSA) is 89.9 Å². The molecule has 0 aliphatic heterocycles. The molecule has 0 aliphatic carbocycles. The minimum absolute atomic E-state index is 0.0471. The molecule has 3 aromatic rings. The third-order valence-electron chi connectivity index (χ3n) is 2.82. The molecule has 8 heteroatoms. The van der Waals surface area contributed by atoms with Crippen molar-refractivity contribution in [3.63, 3.8) is 0 Å². The summed E-state index contributed by atoms with van der Waals surface area (Å²) in [6.07, 6.45) is 2.23. The fourth-order valence-electron chi connectivity index (χ4n) is 1.84. The van der Waals surface area contributed by atoms with Crippen LogP contribution in [0.1, 0.15) is 11.6 Å². The van der Waals surface area contributed by atoms with Crippen LogP contribution in [0.15, 0.2) is 39.4 Å². The molecule has 1 N–H and O–H groups in total. The lowest BCUT2D eigenvalue weighted by Gasteiger charge is -1.97. The fourth-order valence-corrected chi connectivity index (χ4v) is 2.30. The van der Waals surface area contributed by atoms with E-state index >= 15 is 0 Å². The Morgan fingerprint density at radius 2 is 2.05 bits per heavy atom. The van der Waals surface area contributed by atoms with E-state index in [2.05, 4.69) is 36.4 Å². The normalized spacial score (nSPS) is 11.0. The van der Waals surface area contributed by atoms with E-state index in [4.69, 9.17) is 9.52 Å². The van der Waals surface area contributed by atoms with E-state index in [1.807, 2.05) is 24.3 Å². The standard InChI is InChI=1S/C13H12BrN5O2/c14-11-4-2-1-3-10(11)13-17-16-12(21-13)8-19-7-9(5-6-20)15-18-19/h1-4,7,20H,5-6,8H2. The number of benzene rings is 1. The van der Waals surface area contributed by atoms with Gasteiger partial charge in [0.15, 0.2) is 0 Å². The molecule has 0 fully saturated rings. The maximum absolute atomic E-state index is 8.85. The van der Waals surface area contributed by atoms with Gasteiger partial charge in [0, 0.05) is 23.7 Å². The Morgan fingerprint density at radius 1 is 1.19 bits per heavy atom. The summed E-state index contributed by atoms with van der Waals surface area (Å²) in [5.74, 6) is 0.898. The highest BCUT2D eigenvalue weighted by Crippen LogP contribution is 2.26. The molecule has 0 aliphatic rings. The van der Waals surface area contributed by atoms with E-state index < -0.39 is 0 Å². The van der Waals surface area contributed by atoms with Gasteiger partial charge in [-0.3, -0.25) is 0 Å². The summed E-state index contributed by atoms with van der Waals surface area (Å²) >= 11 is 3.45. The first-order chi connectivity index (χ1) is 10.3. The third kappa shape index (κ3) is 3.17. The number of hydrogen-bond donors (Lipinski definition) is 1. The van der Waals surface area contributed by atoms with Crippen molar-refractivity contribution in [2.45, 2.75) is 13.0 Å². The number of nitrogens with zero attached hydrogens (tertiary/aromatic N) is 5. The second kappa shape index (κ2) is 6.15. The molecule has 0 unspecified atom stereocenters. The molecule has 0 amide bonds. The quantitative estimate of drug-likeness (QED) is 0.753. The summed E-state index contributed by atoms with van der Waals surface area (Å²) in [6.45, 7) is 0.390. The Kier molecular flexibility index (Phi) is 4.07. The summed E-state index contributed by atoms with van der Waals surface area (Å²) in [5.41, 5.74) is 1.57. The highest BCUT2D eigenvalue weighted by atomic mass is 79.9. The third-order valence-corrected chi connectivity index (χ3v) is 3.51. The summed E-state index contributed by atoms with van der Waals surface area (Å²) in [6, 6.07) is 7.64. The average Bonchev–Trinajstić information content (AvgIpc) is 3.10. The largest absolute Gasteiger partial charge is 0.419 e. The zero-order valence-corrected chi connectivity index (χ0v) is 12.6. The molecule has 0 bridgehead atoms. The molecule has 21 heavy (non-hydrogen) atoms. The summed E-state index contributed by atoms with van der Waals surface area (Å²) in [7, 11) is 0. The van der Waals surface area contributed by atoms with Crippen LogP contribution < -0.4 is 0 Å². The van der Waals surface area contributed by atoms with Crippen molar-refractivity contribution in [3.8, 4) is 11.5 Å². The van der Waals surface area contributed by atoms with Gasteiger partial charge >= 0.3 is 0 Å². The number of aliphatic hydroxyl groups is 1. The molecule has 0 spiro atoms. The number of hydrogen-bond acceptors (Lipinski definition) is 6. The van der Waals surface area contributed by atoms with Gasteiger partial charge in [0.25, 0.3) is 0 Å². The molecular weight excluding hydrogens is 338 g/mol. The molecule has 0 saturated heterocycles. The van der Waals surface area contributed by atoms with Gasteiger partial charge in [-0.25, -0.2) is 4.68 Å². The predicted octanol–water partition coefficient (Wildman–Crippen LogP) is 1.67. The molecule has 3 rings (SSSR count). The number of aromatic nitrogens is 5. The lowest BCUT2D eigenvalue weighted by Crippen LogP contribution is -2.00. The van der Waals surface area contributed by atoms with Crippen LogP contribution in [0, 0.1) is 0 Å². The Morgan fingerprint density at radius 3 is 2.86 bits per heavy atom. The number of rotatable bonds is 5. The van der Waals surface area contributed by atoms with Crippen molar-refractivity contribution >= 4 is 15.9 Å². The summed E-state index contributed by atoms with van der Waals surface area (Å²) in [4.78, 5) is 0. The fraction of sp³-hybridized carbons (Fsp3) is 0.231. The molecule has 0 radical (unpaired) electrons. The van der Waals surface area contributed by atoms with Crippen LogP contribution in [0.2, 0.25) is 0 Å². The van der Waals surface area contributed by atoms with Crippen molar-refractivity contribution in [2.24, 2.45) is 0 Å². The first-order valence-electron chi connectivity index (χ1n) is 6.33. The highest BCUT2D eigenvalue weighted by molar-refractivity contribution is 9.10. The van der Waals surface area contributed by atoms with E-state index in [-0.39, 0.29) is 6.61 Å². The van der Waals surface area contributed by atoms with Gasteiger partial charge in [0.2, 0.25) is 11.8 Å². The van der Waals surface area contributed by atoms with Crippen molar-refractivity contribution < 1.29 is 9.52 Å². The Balaban J connectivity index is 1.77. The second-order valence-electron chi connectivity index (χ2n) is 4.36. The maximum atomic E-state index is 8.85. The van der Waals surface area contributed by atoms with Gasteiger partial charge in [-0.1, -0.05) is 17.3 Å². The minimum Gasteiger partial charge on any atom is -0.419 e. The van der Waals surface area contributed by atoms with Crippen LogP contribution in [0.4, 0.5) is 0 Å². The lowest BCUT2D eigenvalue weighted by atomic mass is 10.2. The molecule has 2 aromatic heterocycles. The highest BCUT2D eigenvalue weighted by Gasteiger charge is 2.12. The molecular formula is C13H12BrN5O2. The van der Waals surface area contributed by atoms with Crippen molar-refractivity contribution in [1.82, 2.24) is 25.2 Å². The molecule has 0 saturated carbocycles. The van der Waals surface area contributed by atoms with Gasteiger partial charge in [-0.2, -0.15) is 0 Å². The van der Waals surface area contributed by atoms with E-state index in [0.29, 0.717) is 24.7 Å². The smallest absolute Gasteiger partial charge is 0.248 e. The second-order valence-corrected chi connectivity index (χ2v) is 5.22. The van der Waals surface area contributed by atoms with Gasteiger partial charge in [0.05, 0.1) is 11.3 Å². The molecule has 1 aromatic carbocycles. The van der Waals surface area contributed by atoms with E-state index in [9.17, 15) is 0 Å². The van der Waals surface area contributed by atoms with Crippen LogP contribution in [0.3, 0.4) is 0 Å². The van der Waals surface area contributed by atoms with Crippen LogP contribution in [-0.2, 0) is 13.0 Å². The maximum Gasteiger partial charge on any atom is 0.248 e. The van der Waals surface area contributed by atoms with Gasteiger partial charge in [-0.15, -0.1) is 15.3 Å².